The highest BCUT2D eigenvalue weighted by atomic mass is 35.5. The first kappa shape index (κ1) is 14.9. The number of ether oxygens (including phenoxy) is 1. The molecule has 4 rings (SSSR count). The maximum Gasteiger partial charge on any atom is 0.119 e. The number of anilines is 1. The lowest BCUT2D eigenvalue weighted by molar-refractivity contribution is 0.406. The third-order valence-electron chi connectivity index (χ3n) is 4.83. The third kappa shape index (κ3) is 2.50. The molecule has 2 aromatic rings. The molecule has 2 nitrogen and oxygen atoms in total. The Morgan fingerprint density at radius 1 is 1.17 bits per heavy atom. The van der Waals surface area contributed by atoms with Crippen molar-refractivity contribution in [3.05, 3.63) is 69.7 Å². The van der Waals surface area contributed by atoms with Crippen LogP contribution in [0.3, 0.4) is 0 Å². The van der Waals surface area contributed by atoms with E-state index in [1.54, 1.807) is 7.11 Å². The van der Waals surface area contributed by atoms with Crippen LogP contribution in [-0.4, -0.2) is 7.11 Å². The van der Waals surface area contributed by atoms with Crippen molar-refractivity contribution in [2.45, 2.75) is 18.4 Å². The largest absolute Gasteiger partial charge is 0.497 e. The van der Waals surface area contributed by atoms with Gasteiger partial charge in [0, 0.05) is 27.2 Å². The molecule has 3 unspecified atom stereocenters. The molecule has 1 aliphatic heterocycles. The molecule has 1 N–H and O–H groups in total. The molecule has 0 radical (unpaired) electrons. The summed E-state index contributed by atoms with van der Waals surface area (Å²) in [5.74, 6) is 1.65. The van der Waals surface area contributed by atoms with Crippen molar-refractivity contribution >= 4 is 28.9 Å². The van der Waals surface area contributed by atoms with Crippen molar-refractivity contribution in [3.63, 3.8) is 0 Å². The van der Waals surface area contributed by atoms with E-state index < -0.39 is 0 Å². The molecule has 2 aromatic carbocycles. The fourth-order valence-corrected chi connectivity index (χ4v) is 4.43. The lowest BCUT2D eigenvalue weighted by Crippen LogP contribution is -2.29. The lowest BCUT2D eigenvalue weighted by atomic mass is 9.77. The quantitative estimate of drug-likeness (QED) is 0.691. The van der Waals surface area contributed by atoms with E-state index in [9.17, 15) is 0 Å². The van der Waals surface area contributed by atoms with Crippen LogP contribution >= 0.6 is 23.2 Å². The van der Waals surface area contributed by atoms with Crippen LogP contribution in [0.25, 0.3) is 0 Å². The summed E-state index contributed by atoms with van der Waals surface area (Å²) in [6, 6.07) is 12.3. The number of fused-ring (bicyclic) bond motifs is 3. The zero-order valence-corrected chi connectivity index (χ0v) is 14.2. The average Bonchev–Trinajstić information content (AvgIpc) is 3.02. The second-order valence-electron chi connectivity index (χ2n) is 6.10. The van der Waals surface area contributed by atoms with Gasteiger partial charge >= 0.3 is 0 Å². The van der Waals surface area contributed by atoms with Gasteiger partial charge < -0.3 is 10.1 Å². The van der Waals surface area contributed by atoms with Gasteiger partial charge in [-0.25, -0.2) is 0 Å². The number of hydrogen-bond acceptors (Lipinski definition) is 2. The highest BCUT2D eigenvalue weighted by molar-refractivity contribution is 6.35. The van der Waals surface area contributed by atoms with Gasteiger partial charge in [0.25, 0.3) is 0 Å². The molecule has 0 aromatic heterocycles. The van der Waals surface area contributed by atoms with E-state index in [1.807, 2.05) is 24.3 Å². The van der Waals surface area contributed by atoms with E-state index in [0.717, 1.165) is 28.4 Å². The van der Waals surface area contributed by atoms with Gasteiger partial charge in [0.1, 0.15) is 5.75 Å². The summed E-state index contributed by atoms with van der Waals surface area (Å²) in [5.41, 5.74) is 3.42. The second-order valence-corrected chi connectivity index (χ2v) is 6.94. The van der Waals surface area contributed by atoms with Crippen molar-refractivity contribution in [2.24, 2.45) is 5.92 Å². The van der Waals surface area contributed by atoms with Crippen molar-refractivity contribution in [1.29, 1.82) is 0 Å². The summed E-state index contributed by atoms with van der Waals surface area (Å²) < 4.78 is 5.38. The molecule has 23 heavy (non-hydrogen) atoms. The minimum absolute atomic E-state index is 0.215. The fraction of sp³-hybridized carbons (Fsp3) is 0.263. The minimum Gasteiger partial charge on any atom is -0.497 e. The topological polar surface area (TPSA) is 21.3 Å². The maximum atomic E-state index is 6.48. The van der Waals surface area contributed by atoms with Crippen LogP contribution in [0.1, 0.15) is 29.5 Å². The van der Waals surface area contributed by atoms with Gasteiger partial charge in [0.15, 0.2) is 0 Å². The Bertz CT molecular complexity index is 787. The first-order valence-corrected chi connectivity index (χ1v) is 8.49. The van der Waals surface area contributed by atoms with Gasteiger partial charge in [0.2, 0.25) is 0 Å². The Hall–Kier alpha value is -1.64. The van der Waals surface area contributed by atoms with Crippen molar-refractivity contribution in [1.82, 2.24) is 0 Å². The predicted octanol–water partition coefficient (Wildman–Crippen LogP) is 5.83. The summed E-state index contributed by atoms with van der Waals surface area (Å²) in [7, 11) is 1.70. The zero-order valence-electron chi connectivity index (χ0n) is 12.7. The molecular formula is C19H17Cl2NO. The van der Waals surface area contributed by atoms with Crippen LogP contribution < -0.4 is 10.1 Å². The second kappa shape index (κ2) is 5.77. The number of rotatable bonds is 2. The van der Waals surface area contributed by atoms with Crippen LogP contribution in [0.4, 0.5) is 5.69 Å². The lowest BCUT2D eigenvalue weighted by Gasteiger charge is -2.38. The van der Waals surface area contributed by atoms with E-state index in [4.69, 9.17) is 27.9 Å². The van der Waals surface area contributed by atoms with Gasteiger partial charge in [0.05, 0.1) is 13.2 Å². The van der Waals surface area contributed by atoms with Crippen LogP contribution in [0.5, 0.6) is 5.75 Å². The molecule has 1 aliphatic carbocycles. The minimum atomic E-state index is 0.215. The van der Waals surface area contributed by atoms with E-state index >= 15 is 0 Å². The molecule has 3 atom stereocenters. The Morgan fingerprint density at radius 2 is 2.04 bits per heavy atom. The molecule has 0 bridgehead atoms. The van der Waals surface area contributed by atoms with E-state index in [2.05, 4.69) is 29.6 Å². The van der Waals surface area contributed by atoms with Crippen LogP contribution in [0.15, 0.2) is 48.6 Å². The monoisotopic (exact) mass is 345 g/mol. The molecule has 0 saturated carbocycles. The number of halogens is 2. The molecule has 2 aliphatic rings. The average molecular weight is 346 g/mol. The SMILES string of the molecule is COc1cccc(C2Nc3cc(Cl)cc(Cl)c3C3C=CCC32)c1. The molecule has 0 spiro atoms. The van der Waals surface area contributed by atoms with Gasteiger partial charge in [-0.05, 0) is 42.2 Å². The van der Waals surface area contributed by atoms with Crippen LogP contribution in [0.2, 0.25) is 10.0 Å². The van der Waals surface area contributed by atoms with Gasteiger partial charge in [-0.1, -0.05) is 47.5 Å². The predicted molar refractivity (Wildman–Crippen MR) is 95.8 cm³/mol. The standard InChI is InChI=1S/C19H17Cl2NO/c1-23-13-5-2-4-11(8-13)19-15-7-3-6-14(15)18-16(21)9-12(20)10-17(18)22-19/h2-6,8-10,14-15,19,22H,7H2,1H3. The summed E-state index contributed by atoms with van der Waals surface area (Å²) in [5, 5.41) is 5.05. The molecule has 1 heterocycles. The number of allylic oxidation sites excluding steroid dienone is 2. The highest BCUT2D eigenvalue weighted by Crippen LogP contribution is 2.52. The normalized spacial score (nSPS) is 24.7. The molecule has 0 fully saturated rings. The first-order chi connectivity index (χ1) is 11.2. The van der Waals surface area contributed by atoms with Gasteiger partial charge in [-0.3, -0.25) is 0 Å². The van der Waals surface area contributed by atoms with Crippen molar-refractivity contribution in [2.75, 3.05) is 12.4 Å². The number of nitrogens with one attached hydrogen (secondary N) is 1. The third-order valence-corrected chi connectivity index (χ3v) is 5.36. The Balaban J connectivity index is 1.81. The number of hydrogen-bond donors (Lipinski definition) is 1. The summed E-state index contributed by atoms with van der Waals surface area (Å²) in [4.78, 5) is 0. The van der Waals surface area contributed by atoms with Crippen molar-refractivity contribution in [3.8, 4) is 5.75 Å². The van der Waals surface area contributed by atoms with Gasteiger partial charge in [-0.2, -0.15) is 0 Å². The Kier molecular flexibility index (Phi) is 3.74. The smallest absolute Gasteiger partial charge is 0.119 e. The van der Waals surface area contributed by atoms with E-state index in [-0.39, 0.29) is 6.04 Å². The molecule has 4 heteroatoms. The van der Waals surface area contributed by atoms with Crippen LogP contribution in [0, 0.1) is 5.92 Å². The van der Waals surface area contributed by atoms with Crippen LogP contribution in [-0.2, 0) is 0 Å². The van der Waals surface area contributed by atoms with E-state index in [1.165, 1.54) is 5.56 Å². The molecular weight excluding hydrogens is 329 g/mol. The summed E-state index contributed by atoms with van der Waals surface area (Å²) in [6.45, 7) is 0. The summed E-state index contributed by atoms with van der Waals surface area (Å²) >= 11 is 12.7. The zero-order chi connectivity index (χ0) is 16.0. The molecule has 0 amide bonds. The number of benzene rings is 2. The highest BCUT2D eigenvalue weighted by Gasteiger charge is 2.39. The van der Waals surface area contributed by atoms with E-state index in [0.29, 0.717) is 16.9 Å². The fourth-order valence-electron chi connectivity index (χ4n) is 3.81. The first-order valence-electron chi connectivity index (χ1n) is 7.73. The Morgan fingerprint density at radius 3 is 2.87 bits per heavy atom. The molecule has 118 valence electrons. The van der Waals surface area contributed by atoms with Gasteiger partial charge in [-0.15, -0.1) is 0 Å². The maximum absolute atomic E-state index is 6.48. The molecule has 0 saturated heterocycles. The Labute approximate surface area is 146 Å². The summed E-state index contributed by atoms with van der Waals surface area (Å²) in [6.07, 6.45) is 5.57. The van der Waals surface area contributed by atoms with Crippen molar-refractivity contribution < 1.29 is 4.74 Å². The number of methoxy groups -OCH3 is 1.